The Kier molecular flexibility index (Phi) is 3.10. The van der Waals surface area contributed by atoms with Gasteiger partial charge >= 0.3 is 5.97 Å². The van der Waals surface area contributed by atoms with Crippen molar-refractivity contribution in [2.75, 3.05) is 12.3 Å². The molecular formula is C9H10N2O2S. The first-order valence-corrected chi connectivity index (χ1v) is 4.86. The van der Waals surface area contributed by atoms with Crippen LogP contribution in [0.5, 0.6) is 0 Å². The van der Waals surface area contributed by atoms with Gasteiger partial charge in [0, 0.05) is 4.88 Å². The predicted molar refractivity (Wildman–Crippen MR) is 55.7 cm³/mol. The molecule has 0 aliphatic heterocycles. The second kappa shape index (κ2) is 4.11. The first kappa shape index (κ1) is 10.5. The summed E-state index contributed by atoms with van der Waals surface area (Å²) < 4.78 is 4.81. The minimum absolute atomic E-state index is 0.237. The topological polar surface area (TPSA) is 56.7 Å². The minimum Gasteiger partial charge on any atom is -0.462 e. The van der Waals surface area contributed by atoms with E-state index in [1.807, 2.05) is 0 Å². The largest absolute Gasteiger partial charge is 0.462 e. The molecule has 0 unspecified atom stereocenters. The molecule has 0 spiro atoms. The number of aryl methyl sites for hydroxylation is 1. The van der Waals surface area contributed by atoms with E-state index in [1.54, 1.807) is 13.8 Å². The van der Waals surface area contributed by atoms with Crippen LogP contribution in [0.25, 0.3) is 4.85 Å². The van der Waals surface area contributed by atoms with E-state index in [9.17, 15) is 4.79 Å². The molecule has 4 nitrogen and oxygen atoms in total. The highest BCUT2D eigenvalue weighted by Crippen LogP contribution is 2.37. The number of anilines is 1. The van der Waals surface area contributed by atoms with Crippen LogP contribution in [0, 0.1) is 13.5 Å². The molecule has 0 radical (unpaired) electrons. The third-order valence-electron chi connectivity index (χ3n) is 1.66. The highest BCUT2D eigenvalue weighted by molar-refractivity contribution is 7.15. The fraction of sp³-hybridized carbons (Fsp3) is 0.333. The molecule has 0 aliphatic rings. The lowest BCUT2D eigenvalue weighted by Crippen LogP contribution is -2.04. The Balaban J connectivity index is 3.13. The number of nitrogens with zero attached hydrogens (tertiary/aromatic N) is 1. The number of nitrogens with two attached hydrogens (primary N) is 1. The molecule has 0 fully saturated rings. The Hall–Kier alpha value is -1.54. The van der Waals surface area contributed by atoms with Gasteiger partial charge in [-0.1, -0.05) is 0 Å². The Morgan fingerprint density at radius 1 is 1.71 bits per heavy atom. The highest BCUT2D eigenvalue weighted by atomic mass is 32.1. The molecule has 1 heterocycles. The van der Waals surface area contributed by atoms with Gasteiger partial charge < -0.3 is 10.5 Å². The quantitative estimate of drug-likeness (QED) is 0.602. The standard InChI is InChI=1S/C9H10N2O2S/c1-4-13-9(12)8-6(10)7(11-3)5(2)14-8/h4,10H2,1-2H3. The van der Waals surface area contributed by atoms with E-state index >= 15 is 0 Å². The van der Waals surface area contributed by atoms with Crippen LogP contribution in [-0.4, -0.2) is 12.6 Å². The van der Waals surface area contributed by atoms with E-state index in [4.69, 9.17) is 17.0 Å². The van der Waals surface area contributed by atoms with Gasteiger partial charge in [-0.2, -0.15) is 0 Å². The van der Waals surface area contributed by atoms with E-state index in [-0.39, 0.29) is 5.69 Å². The molecule has 1 aromatic heterocycles. The average molecular weight is 210 g/mol. The summed E-state index contributed by atoms with van der Waals surface area (Å²) in [5.74, 6) is -0.451. The van der Waals surface area contributed by atoms with Crippen LogP contribution < -0.4 is 5.73 Å². The molecule has 0 aromatic carbocycles. The van der Waals surface area contributed by atoms with Crippen LogP contribution in [-0.2, 0) is 4.74 Å². The summed E-state index contributed by atoms with van der Waals surface area (Å²) >= 11 is 1.20. The summed E-state index contributed by atoms with van der Waals surface area (Å²) in [6, 6.07) is 0. The Labute approximate surface area is 86.1 Å². The molecule has 0 saturated heterocycles. The minimum atomic E-state index is -0.451. The van der Waals surface area contributed by atoms with E-state index in [0.717, 1.165) is 4.88 Å². The number of rotatable bonds is 2. The summed E-state index contributed by atoms with van der Waals surface area (Å²) in [7, 11) is 0. The summed E-state index contributed by atoms with van der Waals surface area (Å²) in [5.41, 5.74) is 6.24. The van der Waals surface area contributed by atoms with Crippen LogP contribution in [0.15, 0.2) is 0 Å². The smallest absolute Gasteiger partial charge is 0.349 e. The molecule has 5 heteroatoms. The van der Waals surface area contributed by atoms with Crippen molar-refractivity contribution in [1.29, 1.82) is 0 Å². The third-order valence-corrected chi connectivity index (χ3v) is 2.75. The number of hydrogen-bond donors (Lipinski definition) is 1. The molecule has 1 aromatic rings. The van der Waals surface area contributed by atoms with Gasteiger partial charge in [0.25, 0.3) is 0 Å². The van der Waals surface area contributed by atoms with Gasteiger partial charge in [0.2, 0.25) is 5.69 Å². The number of ether oxygens (including phenoxy) is 1. The van der Waals surface area contributed by atoms with Crippen LogP contribution in [0.3, 0.4) is 0 Å². The monoisotopic (exact) mass is 210 g/mol. The zero-order chi connectivity index (χ0) is 10.7. The van der Waals surface area contributed by atoms with Gasteiger partial charge in [-0.05, 0) is 13.8 Å². The average Bonchev–Trinajstić information content (AvgIpc) is 2.42. The first-order chi connectivity index (χ1) is 6.61. The van der Waals surface area contributed by atoms with Gasteiger partial charge in [-0.3, -0.25) is 0 Å². The normalized spacial score (nSPS) is 9.50. The fourth-order valence-electron chi connectivity index (χ4n) is 1.04. The Morgan fingerprint density at radius 3 is 2.79 bits per heavy atom. The van der Waals surface area contributed by atoms with Crippen molar-refractivity contribution in [2.45, 2.75) is 13.8 Å². The van der Waals surface area contributed by atoms with Gasteiger partial charge in [0.15, 0.2) is 0 Å². The van der Waals surface area contributed by atoms with Crippen molar-refractivity contribution in [3.8, 4) is 0 Å². The van der Waals surface area contributed by atoms with Crippen molar-refractivity contribution in [2.24, 2.45) is 0 Å². The second-order valence-electron chi connectivity index (χ2n) is 2.58. The maximum absolute atomic E-state index is 11.4. The van der Waals surface area contributed by atoms with Gasteiger partial charge in [-0.25, -0.2) is 9.64 Å². The molecule has 14 heavy (non-hydrogen) atoms. The zero-order valence-electron chi connectivity index (χ0n) is 7.96. The number of carbonyl (C=O) groups is 1. The van der Waals surface area contributed by atoms with Crippen LogP contribution >= 0.6 is 11.3 Å². The van der Waals surface area contributed by atoms with E-state index < -0.39 is 5.97 Å². The summed E-state index contributed by atoms with van der Waals surface area (Å²) in [4.78, 5) is 15.7. The maximum Gasteiger partial charge on any atom is 0.349 e. The third kappa shape index (κ3) is 1.70. The molecule has 2 N–H and O–H groups in total. The molecule has 0 aliphatic carbocycles. The van der Waals surface area contributed by atoms with Crippen LogP contribution in [0.4, 0.5) is 11.4 Å². The van der Waals surface area contributed by atoms with Gasteiger partial charge in [0.05, 0.1) is 18.9 Å². The van der Waals surface area contributed by atoms with Crippen LogP contribution in [0.1, 0.15) is 21.5 Å². The van der Waals surface area contributed by atoms with Crippen molar-refractivity contribution in [3.63, 3.8) is 0 Å². The second-order valence-corrected chi connectivity index (χ2v) is 3.81. The molecular weight excluding hydrogens is 200 g/mol. The summed E-state index contributed by atoms with van der Waals surface area (Å²) in [5, 5.41) is 0. The number of esters is 1. The molecule has 0 bridgehead atoms. The predicted octanol–water partition coefficient (Wildman–Crippen LogP) is 2.37. The Morgan fingerprint density at radius 2 is 2.36 bits per heavy atom. The molecule has 74 valence electrons. The van der Waals surface area contributed by atoms with E-state index in [0.29, 0.717) is 17.2 Å². The maximum atomic E-state index is 11.4. The molecule has 1 rings (SSSR count). The Bertz CT molecular complexity index is 404. The van der Waals surface area contributed by atoms with E-state index in [2.05, 4.69) is 4.85 Å². The van der Waals surface area contributed by atoms with Gasteiger partial charge in [0.1, 0.15) is 4.88 Å². The lowest BCUT2D eigenvalue weighted by Gasteiger charge is -1.99. The number of nitrogen functional groups attached to an aromatic ring is 1. The first-order valence-electron chi connectivity index (χ1n) is 4.05. The number of thiophene rings is 1. The SMILES string of the molecule is [C-]#[N+]c1c(C)sc(C(=O)OCC)c1N. The van der Waals surface area contributed by atoms with Crippen molar-refractivity contribution in [3.05, 3.63) is 21.2 Å². The van der Waals surface area contributed by atoms with Gasteiger partial charge in [-0.15, -0.1) is 11.3 Å². The molecule has 0 atom stereocenters. The molecule has 0 saturated carbocycles. The van der Waals surface area contributed by atoms with E-state index in [1.165, 1.54) is 11.3 Å². The summed E-state index contributed by atoms with van der Waals surface area (Å²) in [6.07, 6.45) is 0. The lowest BCUT2D eigenvalue weighted by atomic mass is 10.3. The van der Waals surface area contributed by atoms with Crippen molar-refractivity contribution in [1.82, 2.24) is 0 Å². The number of carbonyl (C=O) groups excluding carboxylic acids is 1. The highest BCUT2D eigenvalue weighted by Gasteiger charge is 2.19. The van der Waals surface area contributed by atoms with Crippen LogP contribution in [0.2, 0.25) is 0 Å². The lowest BCUT2D eigenvalue weighted by molar-refractivity contribution is 0.0533. The fourth-order valence-corrected chi connectivity index (χ4v) is 1.95. The van der Waals surface area contributed by atoms with Crippen molar-refractivity contribution >= 4 is 28.7 Å². The van der Waals surface area contributed by atoms with Crippen molar-refractivity contribution < 1.29 is 9.53 Å². The number of hydrogen-bond acceptors (Lipinski definition) is 4. The summed E-state index contributed by atoms with van der Waals surface area (Å²) in [6.45, 7) is 10.7. The zero-order valence-corrected chi connectivity index (χ0v) is 8.77. The molecule has 0 amide bonds.